The highest BCUT2D eigenvalue weighted by atomic mass is 16.5. The lowest BCUT2D eigenvalue weighted by Crippen LogP contribution is -2.55. The number of carboxylic acids is 1. The number of hydrogen-bond acceptors (Lipinski definition) is 4. The fourth-order valence-electron chi connectivity index (χ4n) is 4.15. The highest BCUT2D eigenvalue weighted by molar-refractivity contribution is 5.89. The first-order chi connectivity index (χ1) is 15.2. The molecule has 2 N–H and O–H groups in total. The molecule has 0 fully saturated rings. The van der Waals surface area contributed by atoms with Crippen LogP contribution in [0.2, 0.25) is 0 Å². The van der Waals surface area contributed by atoms with Crippen LogP contribution in [0.15, 0.2) is 48.5 Å². The Hall–Kier alpha value is -3.35. The molecular weight excluding hydrogens is 408 g/mol. The van der Waals surface area contributed by atoms with Gasteiger partial charge in [-0.15, -0.1) is 0 Å². The standard InChI is InChI=1S/C25H30N2O5/c1-25(2,23(30)27(3)15-9-8-14-22(28)29)26-24(31)32-16-21-19-12-6-4-10-17(19)18-11-5-7-13-20(18)21/h4-7,10-13,21H,8-9,14-16H2,1-3H3,(H,26,31)(H,28,29). The van der Waals surface area contributed by atoms with Gasteiger partial charge in [0, 0.05) is 25.9 Å². The van der Waals surface area contributed by atoms with Gasteiger partial charge in [0.1, 0.15) is 12.1 Å². The Bertz CT molecular complexity index is 956. The molecule has 0 unspecified atom stereocenters. The zero-order chi connectivity index (χ0) is 23.3. The van der Waals surface area contributed by atoms with Crippen LogP contribution in [0.5, 0.6) is 0 Å². The minimum absolute atomic E-state index is 0.0520. The predicted octanol–water partition coefficient (Wildman–Crippen LogP) is 4.02. The van der Waals surface area contributed by atoms with Crippen molar-refractivity contribution in [2.45, 2.75) is 44.6 Å². The molecule has 0 bridgehead atoms. The van der Waals surface area contributed by atoms with Crippen LogP contribution in [0, 0.1) is 0 Å². The monoisotopic (exact) mass is 438 g/mol. The van der Waals surface area contributed by atoms with E-state index in [0.717, 1.165) is 22.3 Å². The maximum absolute atomic E-state index is 12.8. The largest absolute Gasteiger partial charge is 0.481 e. The van der Waals surface area contributed by atoms with Crippen molar-refractivity contribution in [1.29, 1.82) is 0 Å². The van der Waals surface area contributed by atoms with Crippen molar-refractivity contribution in [3.63, 3.8) is 0 Å². The lowest BCUT2D eigenvalue weighted by atomic mass is 9.98. The van der Waals surface area contributed by atoms with Gasteiger partial charge in [-0.3, -0.25) is 9.59 Å². The third-order valence-corrected chi connectivity index (χ3v) is 5.77. The molecule has 0 saturated heterocycles. The molecule has 3 rings (SSSR count). The molecule has 0 radical (unpaired) electrons. The normalized spacial score (nSPS) is 12.6. The van der Waals surface area contributed by atoms with Crippen LogP contribution in [0.3, 0.4) is 0 Å². The zero-order valence-electron chi connectivity index (χ0n) is 18.8. The van der Waals surface area contributed by atoms with Crippen molar-refractivity contribution in [3.8, 4) is 11.1 Å². The quantitative estimate of drug-likeness (QED) is 0.577. The van der Waals surface area contributed by atoms with E-state index in [-0.39, 0.29) is 24.9 Å². The van der Waals surface area contributed by atoms with Gasteiger partial charge in [-0.1, -0.05) is 48.5 Å². The van der Waals surface area contributed by atoms with Crippen molar-refractivity contribution < 1.29 is 24.2 Å². The maximum Gasteiger partial charge on any atom is 0.408 e. The van der Waals surface area contributed by atoms with Crippen molar-refractivity contribution in [2.75, 3.05) is 20.2 Å². The number of likely N-dealkylation sites (N-methyl/N-ethyl adjacent to an activating group) is 1. The summed E-state index contributed by atoms with van der Waals surface area (Å²) >= 11 is 0. The summed E-state index contributed by atoms with van der Waals surface area (Å²) in [6.45, 7) is 3.85. The van der Waals surface area contributed by atoms with Gasteiger partial charge in [-0.25, -0.2) is 4.79 Å². The topological polar surface area (TPSA) is 95.9 Å². The van der Waals surface area contributed by atoms with E-state index in [0.29, 0.717) is 19.4 Å². The number of amides is 2. The molecule has 2 amide bonds. The van der Waals surface area contributed by atoms with E-state index >= 15 is 0 Å². The van der Waals surface area contributed by atoms with E-state index in [2.05, 4.69) is 17.4 Å². The van der Waals surface area contributed by atoms with E-state index in [1.807, 2.05) is 36.4 Å². The Morgan fingerprint density at radius 3 is 2.12 bits per heavy atom. The third-order valence-electron chi connectivity index (χ3n) is 5.77. The molecule has 0 atom stereocenters. The van der Waals surface area contributed by atoms with Crippen LogP contribution in [-0.4, -0.2) is 53.7 Å². The molecule has 2 aromatic carbocycles. The van der Waals surface area contributed by atoms with Gasteiger partial charge in [0.2, 0.25) is 5.91 Å². The van der Waals surface area contributed by atoms with Crippen molar-refractivity contribution in [1.82, 2.24) is 10.2 Å². The lowest BCUT2D eigenvalue weighted by Gasteiger charge is -2.30. The Kier molecular flexibility index (Phi) is 7.18. The van der Waals surface area contributed by atoms with Gasteiger partial charge >= 0.3 is 12.1 Å². The summed E-state index contributed by atoms with van der Waals surface area (Å²) in [5.74, 6) is -1.17. The van der Waals surface area contributed by atoms with Crippen molar-refractivity contribution in [2.24, 2.45) is 0 Å². The first-order valence-corrected chi connectivity index (χ1v) is 10.8. The minimum atomic E-state index is -1.15. The Labute approximate surface area is 188 Å². The minimum Gasteiger partial charge on any atom is -0.481 e. The van der Waals surface area contributed by atoms with E-state index in [1.54, 1.807) is 20.9 Å². The second-order valence-electron chi connectivity index (χ2n) is 8.65. The van der Waals surface area contributed by atoms with E-state index in [1.165, 1.54) is 4.90 Å². The fraction of sp³-hybridized carbons (Fsp3) is 0.400. The molecule has 32 heavy (non-hydrogen) atoms. The van der Waals surface area contributed by atoms with Gasteiger partial charge < -0.3 is 20.1 Å². The van der Waals surface area contributed by atoms with Crippen LogP contribution in [0.25, 0.3) is 11.1 Å². The first-order valence-electron chi connectivity index (χ1n) is 10.8. The van der Waals surface area contributed by atoms with Crippen molar-refractivity contribution >= 4 is 18.0 Å². The summed E-state index contributed by atoms with van der Waals surface area (Å²) in [4.78, 5) is 37.4. The third kappa shape index (κ3) is 5.28. The number of fused-ring (bicyclic) bond motifs is 3. The second-order valence-corrected chi connectivity index (χ2v) is 8.65. The van der Waals surface area contributed by atoms with Crippen LogP contribution in [0.1, 0.15) is 50.2 Å². The molecule has 0 spiro atoms. The SMILES string of the molecule is CN(CCCCC(=O)O)C(=O)C(C)(C)NC(=O)OCC1c2ccccc2-c2ccccc21. The van der Waals surface area contributed by atoms with E-state index < -0.39 is 17.6 Å². The average molecular weight is 439 g/mol. The Balaban J connectivity index is 1.56. The highest BCUT2D eigenvalue weighted by Gasteiger charge is 2.34. The number of carbonyl (C=O) groups excluding carboxylic acids is 2. The number of rotatable bonds is 9. The Morgan fingerprint density at radius 2 is 1.56 bits per heavy atom. The number of benzene rings is 2. The maximum atomic E-state index is 12.8. The number of alkyl carbamates (subject to hydrolysis) is 1. The van der Waals surface area contributed by atoms with Gasteiger partial charge in [0.05, 0.1) is 0 Å². The molecule has 0 saturated carbocycles. The number of nitrogens with one attached hydrogen (secondary N) is 1. The van der Waals surface area contributed by atoms with E-state index in [9.17, 15) is 14.4 Å². The molecule has 1 aliphatic carbocycles. The van der Waals surface area contributed by atoms with Crippen LogP contribution in [0.4, 0.5) is 4.79 Å². The lowest BCUT2D eigenvalue weighted by molar-refractivity contribution is -0.137. The number of aliphatic carboxylic acids is 1. The fourth-order valence-corrected chi connectivity index (χ4v) is 4.15. The molecule has 7 heteroatoms. The zero-order valence-corrected chi connectivity index (χ0v) is 18.8. The number of carbonyl (C=O) groups is 3. The molecule has 0 aliphatic heterocycles. The summed E-state index contributed by atoms with van der Waals surface area (Å²) < 4.78 is 5.54. The predicted molar refractivity (Wildman–Crippen MR) is 121 cm³/mol. The number of unbranched alkanes of at least 4 members (excludes halogenated alkanes) is 1. The molecule has 2 aromatic rings. The molecule has 170 valence electrons. The smallest absolute Gasteiger partial charge is 0.408 e. The number of carboxylic acid groups (broad SMARTS) is 1. The summed E-state index contributed by atoms with van der Waals surface area (Å²) in [6, 6.07) is 16.2. The second kappa shape index (κ2) is 9.85. The van der Waals surface area contributed by atoms with Crippen molar-refractivity contribution in [3.05, 3.63) is 59.7 Å². The van der Waals surface area contributed by atoms with E-state index in [4.69, 9.17) is 9.84 Å². The Morgan fingerprint density at radius 1 is 1.00 bits per heavy atom. The van der Waals surface area contributed by atoms with Crippen LogP contribution >= 0.6 is 0 Å². The molecular formula is C25H30N2O5. The van der Waals surface area contributed by atoms with Gasteiger partial charge in [-0.2, -0.15) is 0 Å². The van der Waals surface area contributed by atoms with Gasteiger partial charge in [-0.05, 0) is 48.9 Å². The molecule has 1 aliphatic rings. The first kappa shape index (κ1) is 23.3. The molecule has 0 aromatic heterocycles. The summed E-state index contributed by atoms with van der Waals surface area (Å²) in [6.07, 6.45) is 0.496. The molecule has 0 heterocycles. The summed E-state index contributed by atoms with van der Waals surface area (Å²) in [5, 5.41) is 11.4. The number of ether oxygens (including phenoxy) is 1. The van der Waals surface area contributed by atoms with Gasteiger partial charge in [0.25, 0.3) is 0 Å². The molecule has 7 nitrogen and oxygen atoms in total. The average Bonchev–Trinajstić information content (AvgIpc) is 3.08. The summed E-state index contributed by atoms with van der Waals surface area (Å²) in [7, 11) is 1.64. The number of nitrogens with zero attached hydrogens (tertiary/aromatic N) is 1. The van der Waals surface area contributed by atoms with Crippen LogP contribution < -0.4 is 5.32 Å². The number of hydrogen-bond donors (Lipinski definition) is 2. The summed E-state index contributed by atoms with van der Waals surface area (Å²) in [5.41, 5.74) is 3.40. The van der Waals surface area contributed by atoms with Crippen LogP contribution in [-0.2, 0) is 14.3 Å². The van der Waals surface area contributed by atoms with Gasteiger partial charge in [0.15, 0.2) is 0 Å². The highest BCUT2D eigenvalue weighted by Crippen LogP contribution is 2.44.